The summed E-state index contributed by atoms with van der Waals surface area (Å²) >= 11 is 0. The predicted octanol–water partition coefficient (Wildman–Crippen LogP) is -0.476. The average Bonchev–Trinajstić information content (AvgIpc) is 2.67. The highest BCUT2D eigenvalue weighted by atomic mass is 16.5. The zero-order valence-electron chi connectivity index (χ0n) is 15.3. The number of morpholine rings is 1. The number of carbonyl (C=O) groups is 1. The van der Waals surface area contributed by atoms with E-state index >= 15 is 0 Å². The maximum absolute atomic E-state index is 12.0. The third-order valence-corrected chi connectivity index (χ3v) is 3.97. The van der Waals surface area contributed by atoms with Crippen LogP contribution in [-0.4, -0.2) is 65.1 Å². The summed E-state index contributed by atoms with van der Waals surface area (Å²) in [4.78, 5) is 34.2. The van der Waals surface area contributed by atoms with Crippen molar-refractivity contribution in [1.82, 2.24) is 25.1 Å². The number of hydrogen-bond acceptors (Lipinski definition) is 8. The molecule has 0 atom stereocenters. The standard InChI is InChI=1S/C17H22N6O4/c1-12-19-14(23-6-9-26-10-7-23)11-15(20-12)27-8-5-18-17(25)13-3-4-16(24)22(2)21-13/h3-4,11H,5-10H2,1-2H3,(H,18,25). The summed E-state index contributed by atoms with van der Waals surface area (Å²) in [5, 5.41) is 6.60. The molecule has 0 radical (unpaired) electrons. The second-order valence-corrected chi connectivity index (χ2v) is 6.00. The number of amides is 1. The molecule has 1 aliphatic heterocycles. The highest BCUT2D eigenvalue weighted by Gasteiger charge is 2.14. The van der Waals surface area contributed by atoms with E-state index < -0.39 is 0 Å². The molecular formula is C17H22N6O4. The lowest BCUT2D eigenvalue weighted by molar-refractivity contribution is 0.0939. The molecule has 0 unspecified atom stereocenters. The van der Waals surface area contributed by atoms with Gasteiger partial charge in [-0.3, -0.25) is 9.59 Å². The van der Waals surface area contributed by atoms with E-state index in [1.165, 1.54) is 19.2 Å². The minimum atomic E-state index is -0.373. The molecule has 3 heterocycles. The summed E-state index contributed by atoms with van der Waals surface area (Å²) in [7, 11) is 1.49. The monoisotopic (exact) mass is 374 g/mol. The van der Waals surface area contributed by atoms with Crippen molar-refractivity contribution in [2.75, 3.05) is 44.4 Å². The van der Waals surface area contributed by atoms with Crippen molar-refractivity contribution in [3.05, 3.63) is 40.1 Å². The van der Waals surface area contributed by atoms with Gasteiger partial charge in [0.2, 0.25) is 5.88 Å². The van der Waals surface area contributed by atoms with Crippen molar-refractivity contribution in [1.29, 1.82) is 0 Å². The predicted molar refractivity (Wildman–Crippen MR) is 97.1 cm³/mol. The Hall–Kier alpha value is -3.01. The van der Waals surface area contributed by atoms with Crippen LogP contribution in [0, 0.1) is 6.92 Å². The van der Waals surface area contributed by atoms with Crippen LogP contribution in [0.4, 0.5) is 5.82 Å². The molecule has 0 saturated carbocycles. The van der Waals surface area contributed by atoms with Crippen LogP contribution >= 0.6 is 0 Å². The molecule has 0 spiro atoms. The number of hydrogen-bond donors (Lipinski definition) is 1. The van der Waals surface area contributed by atoms with Crippen molar-refractivity contribution >= 4 is 11.7 Å². The topological polar surface area (TPSA) is 111 Å². The summed E-state index contributed by atoms with van der Waals surface area (Å²) in [6, 6.07) is 4.48. The van der Waals surface area contributed by atoms with E-state index in [2.05, 4.69) is 25.3 Å². The zero-order valence-corrected chi connectivity index (χ0v) is 15.3. The van der Waals surface area contributed by atoms with Crippen molar-refractivity contribution in [2.45, 2.75) is 6.92 Å². The molecule has 2 aromatic rings. The van der Waals surface area contributed by atoms with Gasteiger partial charge in [0.1, 0.15) is 23.9 Å². The molecule has 1 N–H and O–H groups in total. The third-order valence-electron chi connectivity index (χ3n) is 3.97. The Morgan fingerprint density at radius 2 is 2.07 bits per heavy atom. The minimum absolute atomic E-state index is 0.171. The van der Waals surface area contributed by atoms with E-state index in [1.54, 1.807) is 6.07 Å². The smallest absolute Gasteiger partial charge is 0.271 e. The van der Waals surface area contributed by atoms with E-state index in [4.69, 9.17) is 9.47 Å². The first kappa shape index (κ1) is 18.8. The molecule has 1 saturated heterocycles. The minimum Gasteiger partial charge on any atom is -0.476 e. The number of nitrogens with one attached hydrogen (secondary N) is 1. The van der Waals surface area contributed by atoms with Gasteiger partial charge >= 0.3 is 0 Å². The normalized spacial score (nSPS) is 14.1. The Morgan fingerprint density at radius 3 is 2.81 bits per heavy atom. The Bertz CT molecular complexity index is 863. The summed E-state index contributed by atoms with van der Waals surface area (Å²) in [5.74, 6) is 1.51. The number of aryl methyl sites for hydroxylation is 2. The van der Waals surface area contributed by atoms with Gasteiger partial charge in [0, 0.05) is 32.3 Å². The molecule has 1 aliphatic rings. The molecule has 10 heteroatoms. The zero-order chi connectivity index (χ0) is 19.2. The third kappa shape index (κ3) is 5.00. The van der Waals surface area contributed by atoms with E-state index in [0.29, 0.717) is 24.9 Å². The van der Waals surface area contributed by atoms with Crippen LogP contribution < -0.4 is 20.5 Å². The fraction of sp³-hybridized carbons (Fsp3) is 0.471. The van der Waals surface area contributed by atoms with Crippen molar-refractivity contribution in [2.24, 2.45) is 7.05 Å². The molecule has 10 nitrogen and oxygen atoms in total. The first-order valence-corrected chi connectivity index (χ1v) is 8.66. The van der Waals surface area contributed by atoms with Crippen LogP contribution in [0.2, 0.25) is 0 Å². The van der Waals surface area contributed by atoms with Crippen molar-refractivity contribution < 1.29 is 14.3 Å². The van der Waals surface area contributed by atoms with Gasteiger partial charge < -0.3 is 19.7 Å². The summed E-state index contributed by atoms with van der Waals surface area (Å²) < 4.78 is 12.1. The molecule has 1 fully saturated rings. The Morgan fingerprint density at radius 1 is 1.30 bits per heavy atom. The van der Waals surface area contributed by atoms with Gasteiger partial charge in [0.15, 0.2) is 0 Å². The molecule has 0 bridgehead atoms. The first-order valence-electron chi connectivity index (χ1n) is 8.66. The highest BCUT2D eigenvalue weighted by molar-refractivity contribution is 5.91. The van der Waals surface area contributed by atoms with E-state index in [-0.39, 0.29) is 30.3 Å². The maximum atomic E-state index is 12.0. The Kier molecular flexibility index (Phi) is 5.97. The van der Waals surface area contributed by atoms with Crippen LogP contribution in [0.1, 0.15) is 16.3 Å². The molecule has 0 aliphatic carbocycles. The Balaban J connectivity index is 1.52. The molecule has 144 valence electrons. The highest BCUT2D eigenvalue weighted by Crippen LogP contribution is 2.18. The van der Waals surface area contributed by atoms with E-state index in [0.717, 1.165) is 23.6 Å². The number of aromatic nitrogens is 4. The fourth-order valence-electron chi connectivity index (χ4n) is 2.59. The second-order valence-electron chi connectivity index (χ2n) is 6.00. The largest absolute Gasteiger partial charge is 0.476 e. The van der Waals surface area contributed by atoms with Gasteiger partial charge in [-0.15, -0.1) is 0 Å². The molecule has 0 aromatic carbocycles. The quantitative estimate of drug-likeness (QED) is 0.675. The summed E-state index contributed by atoms with van der Waals surface area (Å²) in [6.45, 7) is 5.23. The van der Waals surface area contributed by atoms with Gasteiger partial charge in [-0.05, 0) is 13.0 Å². The van der Waals surface area contributed by atoms with E-state index in [9.17, 15) is 9.59 Å². The van der Waals surface area contributed by atoms with Crippen molar-refractivity contribution in [3.63, 3.8) is 0 Å². The number of rotatable bonds is 6. The van der Waals surface area contributed by atoms with Crippen LogP contribution in [0.5, 0.6) is 5.88 Å². The molecular weight excluding hydrogens is 352 g/mol. The lowest BCUT2D eigenvalue weighted by Gasteiger charge is -2.28. The van der Waals surface area contributed by atoms with E-state index in [1.807, 2.05) is 6.92 Å². The molecule has 27 heavy (non-hydrogen) atoms. The molecule has 2 aromatic heterocycles. The molecule has 3 rings (SSSR count). The lowest BCUT2D eigenvalue weighted by Crippen LogP contribution is -2.37. The molecule has 1 amide bonds. The average molecular weight is 374 g/mol. The van der Waals surface area contributed by atoms with Gasteiger partial charge in [-0.2, -0.15) is 10.1 Å². The first-order chi connectivity index (χ1) is 13.0. The van der Waals surface area contributed by atoms with Crippen LogP contribution in [0.25, 0.3) is 0 Å². The van der Waals surface area contributed by atoms with Gasteiger partial charge in [-0.25, -0.2) is 9.67 Å². The summed E-state index contributed by atoms with van der Waals surface area (Å²) in [6.07, 6.45) is 0. The maximum Gasteiger partial charge on any atom is 0.271 e. The Labute approximate surface area is 156 Å². The SMILES string of the molecule is Cc1nc(OCCNC(=O)c2ccc(=O)n(C)n2)cc(N2CCOCC2)n1. The fourth-order valence-corrected chi connectivity index (χ4v) is 2.59. The van der Waals surface area contributed by atoms with Crippen molar-refractivity contribution in [3.8, 4) is 5.88 Å². The number of ether oxygens (including phenoxy) is 2. The number of nitrogens with zero attached hydrogens (tertiary/aromatic N) is 5. The van der Waals surface area contributed by atoms with Crippen LogP contribution in [-0.2, 0) is 11.8 Å². The van der Waals surface area contributed by atoms with Gasteiger partial charge in [0.25, 0.3) is 11.5 Å². The van der Waals surface area contributed by atoms with Gasteiger partial charge in [-0.1, -0.05) is 0 Å². The number of anilines is 1. The second kappa shape index (κ2) is 8.58. The van der Waals surface area contributed by atoms with Crippen LogP contribution in [0.3, 0.4) is 0 Å². The van der Waals surface area contributed by atoms with Crippen LogP contribution in [0.15, 0.2) is 23.0 Å². The number of carbonyl (C=O) groups excluding carboxylic acids is 1. The summed E-state index contributed by atoms with van der Waals surface area (Å²) in [5.41, 5.74) is -0.102. The lowest BCUT2D eigenvalue weighted by atomic mass is 10.3. The van der Waals surface area contributed by atoms with Gasteiger partial charge in [0.05, 0.1) is 19.8 Å².